The minimum absolute atomic E-state index is 0.0792. The van der Waals surface area contributed by atoms with Crippen LogP contribution in [0, 0.1) is 0 Å². The Bertz CT molecular complexity index is 2040. The van der Waals surface area contributed by atoms with Gasteiger partial charge >= 0.3 is 0 Å². The molecule has 0 bridgehead atoms. The number of benzene rings is 6. The van der Waals surface area contributed by atoms with E-state index in [9.17, 15) is 0 Å². The van der Waals surface area contributed by atoms with Crippen LogP contribution in [0.4, 0.5) is 0 Å². The SMILES string of the molecule is CC1(C)c2cc(-c3ccccc3)ccc2-c2cc3c(cc21)c1ccccc1n3-c1ccc(-c2ccccc2)cc1. The third-order valence-electron chi connectivity index (χ3n) is 8.81. The van der Waals surface area contributed by atoms with E-state index in [-0.39, 0.29) is 5.41 Å². The summed E-state index contributed by atoms with van der Waals surface area (Å²) >= 11 is 0. The topological polar surface area (TPSA) is 4.93 Å². The van der Waals surface area contributed by atoms with Crippen molar-refractivity contribution in [1.82, 2.24) is 4.57 Å². The molecule has 1 nitrogen and oxygen atoms in total. The van der Waals surface area contributed by atoms with Crippen LogP contribution < -0.4 is 0 Å². The van der Waals surface area contributed by atoms with E-state index in [0.29, 0.717) is 0 Å². The highest BCUT2D eigenvalue weighted by atomic mass is 15.0. The lowest BCUT2D eigenvalue weighted by atomic mass is 9.81. The van der Waals surface area contributed by atoms with Gasteiger partial charge in [0, 0.05) is 21.9 Å². The largest absolute Gasteiger partial charge is 0.309 e. The molecule has 0 atom stereocenters. The number of rotatable bonds is 3. The first-order chi connectivity index (χ1) is 19.6. The van der Waals surface area contributed by atoms with E-state index >= 15 is 0 Å². The first kappa shape index (κ1) is 23.0. The molecule has 1 aliphatic carbocycles. The molecule has 0 N–H and O–H groups in total. The van der Waals surface area contributed by atoms with Crippen molar-refractivity contribution >= 4 is 21.8 Å². The van der Waals surface area contributed by atoms with Gasteiger partial charge in [0.1, 0.15) is 0 Å². The van der Waals surface area contributed by atoms with Crippen molar-refractivity contribution in [2.45, 2.75) is 19.3 Å². The lowest BCUT2D eigenvalue weighted by molar-refractivity contribution is 0.661. The molecule has 0 unspecified atom stereocenters. The van der Waals surface area contributed by atoms with Crippen LogP contribution in [0.2, 0.25) is 0 Å². The average Bonchev–Trinajstić information content (AvgIpc) is 3.45. The van der Waals surface area contributed by atoms with Crippen molar-refractivity contribution in [3.63, 3.8) is 0 Å². The third kappa shape index (κ3) is 3.34. The molecule has 0 aliphatic heterocycles. The van der Waals surface area contributed by atoms with Crippen molar-refractivity contribution in [3.05, 3.63) is 151 Å². The molecule has 1 heterocycles. The fourth-order valence-corrected chi connectivity index (χ4v) is 6.72. The van der Waals surface area contributed by atoms with E-state index in [1.54, 1.807) is 0 Å². The van der Waals surface area contributed by atoms with E-state index < -0.39 is 0 Å². The number of aromatic nitrogens is 1. The van der Waals surface area contributed by atoms with Gasteiger partial charge in [-0.15, -0.1) is 0 Å². The van der Waals surface area contributed by atoms with Crippen LogP contribution in [0.5, 0.6) is 0 Å². The Labute approximate surface area is 235 Å². The zero-order valence-electron chi connectivity index (χ0n) is 22.7. The molecule has 1 aromatic heterocycles. The second-order valence-electron chi connectivity index (χ2n) is 11.4. The van der Waals surface area contributed by atoms with Crippen LogP contribution in [0.25, 0.3) is 60.9 Å². The van der Waals surface area contributed by atoms with Crippen molar-refractivity contribution in [1.29, 1.82) is 0 Å². The number of nitrogens with zero attached hydrogens (tertiary/aromatic N) is 1. The quantitative estimate of drug-likeness (QED) is 0.222. The molecule has 1 aliphatic rings. The first-order valence-electron chi connectivity index (χ1n) is 14.0. The van der Waals surface area contributed by atoms with Crippen LogP contribution in [0.3, 0.4) is 0 Å². The first-order valence-corrected chi connectivity index (χ1v) is 14.0. The van der Waals surface area contributed by atoms with Gasteiger partial charge in [0.15, 0.2) is 0 Å². The highest BCUT2D eigenvalue weighted by Crippen LogP contribution is 2.51. The summed E-state index contributed by atoms with van der Waals surface area (Å²) in [6, 6.07) is 51.0. The number of hydrogen-bond acceptors (Lipinski definition) is 0. The Morgan fingerprint density at radius 2 is 1.00 bits per heavy atom. The normalized spacial score (nSPS) is 13.4. The minimum atomic E-state index is -0.0792. The average molecular weight is 512 g/mol. The summed E-state index contributed by atoms with van der Waals surface area (Å²) in [5.74, 6) is 0. The van der Waals surface area contributed by atoms with Gasteiger partial charge in [-0.3, -0.25) is 0 Å². The maximum absolute atomic E-state index is 2.46. The summed E-state index contributed by atoms with van der Waals surface area (Å²) in [7, 11) is 0. The Balaban J connectivity index is 1.34. The van der Waals surface area contributed by atoms with Crippen LogP contribution in [0.15, 0.2) is 140 Å². The van der Waals surface area contributed by atoms with Gasteiger partial charge in [0.05, 0.1) is 11.0 Å². The number of fused-ring (bicyclic) bond motifs is 6. The van der Waals surface area contributed by atoms with Gasteiger partial charge in [-0.25, -0.2) is 0 Å². The minimum Gasteiger partial charge on any atom is -0.309 e. The fourth-order valence-electron chi connectivity index (χ4n) is 6.72. The van der Waals surface area contributed by atoms with Gasteiger partial charge in [-0.1, -0.05) is 117 Å². The van der Waals surface area contributed by atoms with Crippen LogP contribution in [-0.2, 0) is 5.41 Å². The third-order valence-corrected chi connectivity index (χ3v) is 8.81. The molecule has 0 fully saturated rings. The highest BCUT2D eigenvalue weighted by Gasteiger charge is 2.36. The zero-order valence-corrected chi connectivity index (χ0v) is 22.7. The maximum Gasteiger partial charge on any atom is 0.0547 e. The predicted molar refractivity (Wildman–Crippen MR) is 169 cm³/mol. The van der Waals surface area contributed by atoms with Crippen LogP contribution in [-0.4, -0.2) is 4.57 Å². The summed E-state index contributed by atoms with van der Waals surface area (Å²) < 4.78 is 2.43. The van der Waals surface area contributed by atoms with Gasteiger partial charge in [-0.2, -0.15) is 0 Å². The standard InChI is InChI=1S/C39H29N/c1-39(2)35-23-29(27-13-7-4-8-14-27)19-22-31(35)33-25-38-34(24-36(33)39)32-15-9-10-16-37(32)40(38)30-20-17-28(18-21-30)26-11-5-3-6-12-26/h3-25H,1-2H3. The summed E-state index contributed by atoms with van der Waals surface area (Å²) in [6.45, 7) is 4.75. The molecule has 0 spiro atoms. The van der Waals surface area contributed by atoms with Crippen LogP contribution >= 0.6 is 0 Å². The highest BCUT2D eigenvalue weighted by molar-refractivity contribution is 6.11. The second kappa shape index (κ2) is 8.56. The summed E-state index contributed by atoms with van der Waals surface area (Å²) in [5, 5.41) is 2.61. The summed E-state index contributed by atoms with van der Waals surface area (Å²) in [5.41, 5.74) is 14.1. The number of hydrogen-bond donors (Lipinski definition) is 0. The lowest BCUT2D eigenvalue weighted by Crippen LogP contribution is -2.15. The van der Waals surface area contributed by atoms with E-state index in [1.165, 1.54) is 72.0 Å². The van der Waals surface area contributed by atoms with Gasteiger partial charge in [0.25, 0.3) is 0 Å². The predicted octanol–water partition coefficient (Wildman–Crippen LogP) is 10.4. The molecule has 40 heavy (non-hydrogen) atoms. The second-order valence-corrected chi connectivity index (χ2v) is 11.4. The molecule has 7 aromatic rings. The Hall–Kier alpha value is -4.88. The summed E-state index contributed by atoms with van der Waals surface area (Å²) in [6.07, 6.45) is 0. The Kier molecular flexibility index (Phi) is 4.93. The molecular formula is C39H29N. The molecule has 0 saturated heterocycles. The Morgan fingerprint density at radius 1 is 0.425 bits per heavy atom. The zero-order chi connectivity index (χ0) is 26.8. The van der Waals surface area contributed by atoms with Crippen molar-refractivity contribution in [2.24, 2.45) is 0 Å². The molecule has 0 radical (unpaired) electrons. The van der Waals surface area contributed by atoms with Crippen LogP contribution in [0.1, 0.15) is 25.0 Å². The van der Waals surface area contributed by atoms with E-state index in [1.807, 2.05) is 0 Å². The van der Waals surface area contributed by atoms with Crippen molar-refractivity contribution < 1.29 is 0 Å². The van der Waals surface area contributed by atoms with E-state index in [2.05, 4.69) is 158 Å². The van der Waals surface area contributed by atoms with Gasteiger partial charge in [0.2, 0.25) is 0 Å². The molecule has 0 saturated carbocycles. The number of para-hydroxylation sites is 1. The fraction of sp³-hybridized carbons (Fsp3) is 0.0769. The van der Waals surface area contributed by atoms with Crippen molar-refractivity contribution in [3.8, 4) is 39.1 Å². The van der Waals surface area contributed by atoms with E-state index in [4.69, 9.17) is 0 Å². The lowest BCUT2D eigenvalue weighted by Gasteiger charge is -2.22. The van der Waals surface area contributed by atoms with Crippen molar-refractivity contribution in [2.75, 3.05) is 0 Å². The molecule has 0 amide bonds. The maximum atomic E-state index is 2.46. The molecular weight excluding hydrogens is 482 g/mol. The molecule has 1 heteroatoms. The van der Waals surface area contributed by atoms with Gasteiger partial charge in [-0.05, 0) is 80.9 Å². The molecule has 190 valence electrons. The monoisotopic (exact) mass is 511 g/mol. The Morgan fingerprint density at radius 3 is 1.73 bits per heavy atom. The van der Waals surface area contributed by atoms with Gasteiger partial charge < -0.3 is 4.57 Å². The van der Waals surface area contributed by atoms with E-state index in [0.717, 1.165) is 0 Å². The smallest absolute Gasteiger partial charge is 0.0547 e. The molecule has 6 aromatic carbocycles. The summed E-state index contributed by atoms with van der Waals surface area (Å²) in [4.78, 5) is 0. The molecule has 8 rings (SSSR count).